The van der Waals surface area contributed by atoms with Gasteiger partial charge in [-0.2, -0.15) is 0 Å². The Morgan fingerprint density at radius 3 is 2.74 bits per heavy atom. The first-order chi connectivity index (χ1) is 9.14. The van der Waals surface area contributed by atoms with E-state index in [1.54, 1.807) is 0 Å². The fraction of sp³-hybridized carbons (Fsp3) is 0.933. The summed E-state index contributed by atoms with van der Waals surface area (Å²) in [5.74, 6) is 1.57. The highest BCUT2D eigenvalue weighted by Gasteiger charge is 2.44. The van der Waals surface area contributed by atoms with Crippen LogP contribution in [0.3, 0.4) is 0 Å². The van der Waals surface area contributed by atoms with Gasteiger partial charge in [0.25, 0.3) is 0 Å². The van der Waals surface area contributed by atoms with E-state index < -0.39 is 0 Å². The molecule has 0 radical (unpaired) electrons. The number of carbonyl (C=O) groups excluding carboxylic acids is 1. The lowest BCUT2D eigenvalue weighted by molar-refractivity contribution is -0.137. The summed E-state index contributed by atoms with van der Waals surface area (Å²) in [6, 6.07) is 0. The molecular weight excluding hydrogens is 256 g/mol. The first kappa shape index (κ1) is 13.7. The summed E-state index contributed by atoms with van der Waals surface area (Å²) in [4.78, 5) is 15.0. The lowest BCUT2D eigenvalue weighted by Crippen LogP contribution is -2.55. The Morgan fingerprint density at radius 2 is 2.05 bits per heavy atom. The van der Waals surface area contributed by atoms with Gasteiger partial charge in [0.15, 0.2) is 0 Å². The second kappa shape index (κ2) is 5.28. The van der Waals surface area contributed by atoms with Gasteiger partial charge in [-0.15, -0.1) is 11.8 Å². The summed E-state index contributed by atoms with van der Waals surface area (Å²) in [5.41, 5.74) is 0.381. The Hall–Kier alpha value is -0.220. The minimum Gasteiger partial charge on any atom is -0.341 e. The zero-order valence-corrected chi connectivity index (χ0v) is 12.9. The first-order valence-electron chi connectivity index (χ1n) is 7.78. The van der Waals surface area contributed by atoms with Crippen molar-refractivity contribution in [3.05, 3.63) is 0 Å². The van der Waals surface area contributed by atoms with Crippen molar-refractivity contribution < 1.29 is 4.79 Å². The Balaban J connectivity index is 1.69. The maximum Gasteiger partial charge on any atom is 0.238 e. The van der Waals surface area contributed by atoms with Gasteiger partial charge in [-0.1, -0.05) is 0 Å². The van der Waals surface area contributed by atoms with E-state index >= 15 is 0 Å². The third kappa shape index (κ3) is 2.66. The summed E-state index contributed by atoms with van der Waals surface area (Å²) >= 11 is 1.87. The van der Waals surface area contributed by atoms with Crippen molar-refractivity contribution in [3.63, 3.8) is 0 Å². The van der Waals surface area contributed by atoms with Gasteiger partial charge >= 0.3 is 0 Å². The van der Waals surface area contributed by atoms with Gasteiger partial charge < -0.3 is 10.2 Å². The van der Waals surface area contributed by atoms with Crippen LogP contribution in [0.1, 0.15) is 45.4 Å². The predicted molar refractivity (Wildman–Crippen MR) is 80.4 cm³/mol. The number of nitrogens with one attached hydrogen (secondary N) is 1. The fourth-order valence-corrected chi connectivity index (χ4v) is 5.32. The van der Waals surface area contributed by atoms with Crippen LogP contribution in [-0.4, -0.2) is 47.5 Å². The molecule has 108 valence electrons. The van der Waals surface area contributed by atoms with Crippen LogP contribution in [0.4, 0.5) is 0 Å². The molecule has 2 atom stereocenters. The van der Waals surface area contributed by atoms with E-state index in [9.17, 15) is 4.79 Å². The fourth-order valence-electron chi connectivity index (χ4n) is 4.04. The van der Waals surface area contributed by atoms with E-state index in [0.717, 1.165) is 38.4 Å². The molecule has 0 saturated carbocycles. The van der Waals surface area contributed by atoms with Crippen molar-refractivity contribution in [1.82, 2.24) is 10.2 Å². The van der Waals surface area contributed by atoms with Crippen molar-refractivity contribution >= 4 is 17.7 Å². The van der Waals surface area contributed by atoms with E-state index in [1.165, 1.54) is 32.1 Å². The van der Waals surface area contributed by atoms with Crippen LogP contribution in [0.15, 0.2) is 0 Å². The zero-order valence-electron chi connectivity index (χ0n) is 12.0. The van der Waals surface area contributed by atoms with Crippen LogP contribution in [0.2, 0.25) is 0 Å². The molecule has 3 aliphatic heterocycles. The maximum atomic E-state index is 12.8. The van der Waals surface area contributed by atoms with Crippen molar-refractivity contribution in [2.24, 2.45) is 5.41 Å². The molecule has 2 unspecified atom stereocenters. The van der Waals surface area contributed by atoms with Crippen molar-refractivity contribution in [1.29, 1.82) is 0 Å². The molecule has 1 spiro atoms. The topological polar surface area (TPSA) is 32.3 Å². The summed E-state index contributed by atoms with van der Waals surface area (Å²) < 4.78 is -0.124. The SMILES string of the molecule is CC1(C(=O)N2CCCC3(CCCNC3)C2)CCCS1. The number of carbonyl (C=O) groups is 1. The van der Waals surface area contributed by atoms with Crippen LogP contribution in [-0.2, 0) is 4.79 Å². The number of rotatable bonds is 1. The van der Waals surface area contributed by atoms with Crippen LogP contribution in [0.25, 0.3) is 0 Å². The van der Waals surface area contributed by atoms with E-state index in [2.05, 4.69) is 17.1 Å². The molecule has 1 amide bonds. The normalized spacial score (nSPS) is 39.7. The molecule has 0 aliphatic carbocycles. The predicted octanol–water partition coefficient (Wildman–Crippen LogP) is 2.26. The minimum absolute atomic E-state index is 0.124. The molecule has 0 bridgehead atoms. The molecule has 4 heteroatoms. The molecule has 3 fully saturated rings. The largest absolute Gasteiger partial charge is 0.341 e. The average molecular weight is 282 g/mol. The minimum atomic E-state index is -0.124. The van der Waals surface area contributed by atoms with Crippen LogP contribution in [0, 0.1) is 5.41 Å². The molecular formula is C15H26N2OS. The Morgan fingerprint density at radius 1 is 1.21 bits per heavy atom. The molecule has 0 aromatic carbocycles. The third-order valence-electron chi connectivity index (χ3n) is 5.18. The molecule has 3 heterocycles. The molecule has 3 aliphatic rings. The van der Waals surface area contributed by atoms with Crippen molar-refractivity contribution in [2.45, 2.75) is 50.2 Å². The second-order valence-electron chi connectivity index (χ2n) is 6.79. The van der Waals surface area contributed by atoms with Crippen LogP contribution >= 0.6 is 11.8 Å². The summed E-state index contributed by atoms with van der Waals surface area (Å²) in [6.07, 6.45) is 7.33. The maximum absolute atomic E-state index is 12.8. The Labute approximate surface area is 120 Å². The van der Waals surface area contributed by atoms with Crippen molar-refractivity contribution in [2.75, 3.05) is 31.9 Å². The quantitative estimate of drug-likeness (QED) is 0.801. The summed E-state index contributed by atoms with van der Waals surface area (Å²) in [6.45, 7) is 6.41. The Bertz CT molecular complexity index is 341. The van der Waals surface area contributed by atoms with E-state index in [1.807, 2.05) is 11.8 Å². The monoisotopic (exact) mass is 282 g/mol. The number of likely N-dealkylation sites (tertiary alicyclic amines) is 1. The first-order valence-corrected chi connectivity index (χ1v) is 8.76. The van der Waals surface area contributed by atoms with Gasteiger partial charge in [0, 0.05) is 25.0 Å². The lowest BCUT2D eigenvalue weighted by Gasteiger charge is -2.47. The summed E-state index contributed by atoms with van der Waals surface area (Å²) in [5, 5.41) is 3.54. The summed E-state index contributed by atoms with van der Waals surface area (Å²) in [7, 11) is 0. The number of hydrogen-bond donors (Lipinski definition) is 1. The van der Waals surface area contributed by atoms with E-state index in [-0.39, 0.29) is 4.75 Å². The lowest BCUT2D eigenvalue weighted by atomic mass is 9.74. The van der Waals surface area contributed by atoms with Gasteiger partial charge in [0.2, 0.25) is 5.91 Å². The smallest absolute Gasteiger partial charge is 0.238 e. The molecule has 3 nitrogen and oxygen atoms in total. The van der Waals surface area contributed by atoms with Gasteiger partial charge in [-0.05, 0) is 57.7 Å². The number of thioether (sulfide) groups is 1. The molecule has 3 saturated heterocycles. The van der Waals surface area contributed by atoms with Gasteiger partial charge in [0.1, 0.15) is 0 Å². The number of piperidine rings is 2. The highest BCUT2D eigenvalue weighted by Crippen LogP contribution is 2.42. The molecule has 3 rings (SSSR count). The molecule has 0 aromatic rings. The second-order valence-corrected chi connectivity index (χ2v) is 8.39. The third-order valence-corrected chi connectivity index (χ3v) is 6.69. The van der Waals surface area contributed by atoms with Crippen molar-refractivity contribution in [3.8, 4) is 0 Å². The molecule has 19 heavy (non-hydrogen) atoms. The van der Waals surface area contributed by atoms with Gasteiger partial charge in [-0.3, -0.25) is 4.79 Å². The van der Waals surface area contributed by atoms with E-state index in [4.69, 9.17) is 0 Å². The van der Waals surface area contributed by atoms with Gasteiger partial charge in [-0.25, -0.2) is 0 Å². The highest BCUT2D eigenvalue weighted by molar-refractivity contribution is 8.01. The standard InChI is InChI=1S/C15H26N2OS/c1-14(5-4-10-19-14)13(18)17-9-3-7-15(12-17)6-2-8-16-11-15/h16H,2-12H2,1H3. The molecule has 1 N–H and O–H groups in total. The average Bonchev–Trinajstić information content (AvgIpc) is 2.87. The Kier molecular flexibility index (Phi) is 3.82. The number of hydrogen-bond acceptors (Lipinski definition) is 3. The van der Waals surface area contributed by atoms with Crippen LogP contribution in [0.5, 0.6) is 0 Å². The zero-order chi connectivity index (χ0) is 13.3. The van der Waals surface area contributed by atoms with E-state index in [0.29, 0.717) is 11.3 Å². The van der Waals surface area contributed by atoms with Crippen LogP contribution < -0.4 is 5.32 Å². The number of nitrogens with zero attached hydrogens (tertiary/aromatic N) is 1. The number of amides is 1. The van der Waals surface area contributed by atoms with Gasteiger partial charge in [0.05, 0.1) is 4.75 Å². The molecule has 0 aromatic heterocycles. The highest BCUT2D eigenvalue weighted by atomic mass is 32.2.